The molecule has 5 N–H and O–H groups in total. The van der Waals surface area contributed by atoms with Gasteiger partial charge < -0.3 is 39.7 Å². The van der Waals surface area contributed by atoms with E-state index in [2.05, 4.69) is 0 Å². The molecule has 9 atom stereocenters. The summed E-state index contributed by atoms with van der Waals surface area (Å²) in [4.78, 5) is 12.0. The molecule has 0 radical (unpaired) electrons. The summed E-state index contributed by atoms with van der Waals surface area (Å²) in [5.74, 6) is 0.0474. The van der Waals surface area contributed by atoms with E-state index >= 15 is 0 Å². The molecule has 2 bridgehead atoms. The third kappa shape index (κ3) is 3.33. The van der Waals surface area contributed by atoms with Gasteiger partial charge in [0.1, 0.15) is 41.4 Å². The Morgan fingerprint density at radius 1 is 1.21 bits per heavy atom. The maximum Gasteiger partial charge on any atom is 0.187 e. The number of carbonyl (C=O) groups is 1. The Morgan fingerprint density at radius 2 is 1.89 bits per heavy atom. The van der Waals surface area contributed by atoms with Gasteiger partial charge in [0, 0.05) is 18.3 Å². The molecular formula is C19H30O9. The van der Waals surface area contributed by atoms with Crippen LogP contribution in [0.15, 0.2) is 12.2 Å². The zero-order valence-electron chi connectivity index (χ0n) is 16.3. The molecule has 3 fully saturated rings. The fraction of sp³-hybridized carbons (Fsp3) is 0.842. The van der Waals surface area contributed by atoms with Crippen LogP contribution in [0.2, 0.25) is 0 Å². The zero-order valence-corrected chi connectivity index (χ0v) is 16.3. The molecule has 1 saturated carbocycles. The Labute approximate surface area is 163 Å². The molecule has 0 spiro atoms. The van der Waals surface area contributed by atoms with Gasteiger partial charge >= 0.3 is 0 Å². The highest BCUT2D eigenvalue weighted by Gasteiger charge is 2.67. The van der Waals surface area contributed by atoms with E-state index in [1.54, 1.807) is 26.0 Å². The van der Waals surface area contributed by atoms with Gasteiger partial charge in [-0.05, 0) is 13.8 Å². The summed E-state index contributed by atoms with van der Waals surface area (Å²) in [5.41, 5.74) is -3.16. The highest BCUT2D eigenvalue weighted by atomic mass is 16.7. The maximum absolute atomic E-state index is 12.0. The van der Waals surface area contributed by atoms with Crippen molar-refractivity contribution in [1.29, 1.82) is 0 Å². The van der Waals surface area contributed by atoms with Crippen LogP contribution in [0.1, 0.15) is 33.6 Å². The van der Waals surface area contributed by atoms with Crippen molar-refractivity contribution >= 4 is 5.78 Å². The molecule has 0 aromatic carbocycles. The Bertz CT molecular complexity index is 613. The lowest BCUT2D eigenvalue weighted by Gasteiger charge is -2.47. The summed E-state index contributed by atoms with van der Waals surface area (Å²) in [6, 6.07) is 0. The van der Waals surface area contributed by atoms with Gasteiger partial charge in [-0.2, -0.15) is 0 Å². The highest BCUT2D eigenvalue weighted by Crippen LogP contribution is 2.56. The summed E-state index contributed by atoms with van der Waals surface area (Å²) in [7, 11) is 0. The van der Waals surface area contributed by atoms with Crippen molar-refractivity contribution < 1.29 is 44.5 Å². The number of aliphatic hydroxyl groups excluding tert-OH is 4. The quantitative estimate of drug-likeness (QED) is 0.352. The molecule has 0 aromatic rings. The molecule has 0 amide bonds. The van der Waals surface area contributed by atoms with Crippen LogP contribution in [0.5, 0.6) is 0 Å². The smallest absolute Gasteiger partial charge is 0.187 e. The van der Waals surface area contributed by atoms with Gasteiger partial charge in [-0.1, -0.05) is 19.1 Å². The number of hydrogen-bond donors (Lipinski definition) is 5. The lowest BCUT2D eigenvalue weighted by Crippen LogP contribution is -2.60. The molecule has 3 aliphatic rings. The fourth-order valence-corrected chi connectivity index (χ4v) is 4.51. The Hall–Kier alpha value is -0.910. The summed E-state index contributed by atoms with van der Waals surface area (Å²) < 4.78 is 16.7. The number of fused-ring (bicyclic) bond motifs is 2. The van der Waals surface area contributed by atoms with Crippen molar-refractivity contribution in [3.63, 3.8) is 0 Å². The van der Waals surface area contributed by atoms with Gasteiger partial charge in [0.25, 0.3) is 0 Å². The Morgan fingerprint density at radius 3 is 2.50 bits per heavy atom. The molecular weight excluding hydrogens is 372 g/mol. The lowest BCUT2D eigenvalue weighted by atomic mass is 9.59. The monoisotopic (exact) mass is 402 g/mol. The molecule has 2 aliphatic heterocycles. The molecule has 0 aromatic heterocycles. The number of Topliss-reactive ketones (excluding diaryl/α,β-unsaturated/α-hetero) is 1. The maximum atomic E-state index is 12.0. The van der Waals surface area contributed by atoms with E-state index < -0.39 is 60.0 Å². The van der Waals surface area contributed by atoms with Crippen LogP contribution in [0, 0.1) is 5.41 Å². The molecule has 2 saturated heterocycles. The first-order valence-electron chi connectivity index (χ1n) is 9.50. The van der Waals surface area contributed by atoms with E-state index in [9.17, 15) is 30.3 Å². The van der Waals surface area contributed by atoms with Crippen LogP contribution >= 0.6 is 0 Å². The van der Waals surface area contributed by atoms with Crippen molar-refractivity contribution in [1.82, 2.24) is 0 Å². The second-order valence-corrected chi connectivity index (χ2v) is 8.64. The van der Waals surface area contributed by atoms with E-state index in [1.807, 2.05) is 6.92 Å². The standard InChI is InChI=1S/C19H30O9/c1-10(27-16-15(24)14(23)13(22)12(8-20)28-16)4-5-19(25)17(2)6-11(21)7-18(19,3)26-9-17/h4-5,10,12-16,20,22-25H,6-9H2,1-3H3/b5-4+/t10-,12+,13+,14-,15+,16+,17-,18-,19-/m0/s1. The Balaban J connectivity index is 1.72. The number of hydrogen-bond acceptors (Lipinski definition) is 9. The van der Waals surface area contributed by atoms with Gasteiger partial charge in [-0.25, -0.2) is 0 Å². The molecule has 1 aliphatic carbocycles. The predicted octanol–water partition coefficient (Wildman–Crippen LogP) is -1.36. The van der Waals surface area contributed by atoms with Crippen LogP contribution in [-0.4, -0.2) is 92.5 Å². The van der Waals surface area contributed by atoms with Crippen LogP contribution in [0.25, 0.3) is 0 Å². The lowest BCUT2D eigenvalue weighted by molar-refractivity contribution is -0.306. The molecule has 9 heteroatoms. The first kappa shape index (κ1) is 21.8. The van der Waals surface area contributed by atoms with Gasteiger partial charge in [-0.15, -0.1) is 0 Å². The molecule has 0 unspecified atom stereocenters. The van der Waals surface area contributed by atoms with Gasteiger partial charge in [-0.3, -0.25) is 4.79 Å². The number of ketones is 1. The third-order valence-electron chi connectivity index (χ3n) is 6.36. The van der Waals surface area contributed by atoms with E-state index in [0.717, 1.165) is 0 Å². The largest absolute Gasteiger partial charge is 0.394 e. The highest BCUT2D eigenvalue weighted by molar-refractivity contribution is 5.83. The number of ether oxygens (including phenoxy) is 3. The third-order valence-corrected chi connectivity index (χ3v) is 6.36. The summed E-state index contributed by atoms with van der Waals surface area (Å²) >= 11 is 0. The summed E-state index contributed by atoms with van der Waals surface area (Å²) in [6.45, 7) is 4.89. The van der Waals surface area contributed by atoms with Gasteiger partial charge in [0.05, 0.1) is 19.3 Å². The van der Waals surface area contributed by atoms with Crippen molar-refractivity contribution in [2.75, 3.05) is 13.2 Å². The predicted molar refractivity (Wildman–Crippen MR) is 95.1 cm³/mol. The average Bonchev–Trinajstić information content (AvgIpc) is 2.73. The van der Waals surface area contributed by atoms with Gasteiger partial charge in [0.15, 0.2) is 6.29 Å². The first-order valence-corrected chi connectivity index (χ1v) is 9.50. The zero-order chi connectivity index (χ0) is 20.9. The van der Waals surface area contributed by atoms with E-state index in [4.69, 9.17) is 14.2 Å². The number of aliphatic hydroxyl groups is 5. The van der Waals surface area contributed by atoms with Crippen molar-refractivity contribution in [2.24, 2.45) is 5.41 Å². The van der Waals surface area contributed by atoms with Crippen molar-refractivity contribution in [3.8, 4) is 0 Å². The normalized spacial score (nSPS) is 50.3. The van der Waals surface area contributed by atoms with E-state index in [-0.39, 0.29) is 25.2 Å². The molecule has 2 heterocycles. The van der Waals surface area contributed by atoms with Crippen LogP contribution in [0.4, 0.5) is 0 Å². The molecule has 160 valence electrons. The fourth-order valence-electron chi connectivity index (χ4n) is 4.51. The van der Waals surface area contributed by atoms with Crippen molar-refractivity contribution in [2.45, 2.75) is 81.6 Å². The van der Waals surface area contributed by atoms with Gasteiger partial charge in [0.2, 0.25) is 0 Å². The topological polar surface area (TPSA) is 146 Å². The summed E-state index contributed by atoms with van der Waals surface area (Å²) in [5, 5.41) is 50.4. The average molecular weight is 402 g/mol. The molecule has 28 heavy (non-hydrogen) atoms. The molecule has 3 rings (SSSR count). The second-order valence-electron chi connectivity index (χ2n) is 8.64. The minimum absolute atomic E-state index is 0.0474. The second kappa shape index (κ2) is 7.41. The van der Waals surface area contributed by atoms with E-state index in [1.165, 1.54) is 0 Å². The molecule has 9 nitrogen and oxygen atoms in total. The van der Waals surface area contributed by atoms with Crippen LogP contribution in [-0.2, 0) is 19.0 Å². The summed E-state index contributed by atoms with van der Waals surface area (Å²) in [6.07, 6.45) is -3.97. The van der Waals surface area contributed by atoms with Crippen LogP contribution < -0.4 is 0 Å². The first-order chi connectivity index (χ1) is 13.0. The van der Waals surface area contributed by atoms with Crippen molar-refractivity contribution in [3.05, 3.63) is 12.2 Å². The SMILES string of the molecule is C[C@@H](/C=C/[C@]1(O)[C@]2(C)CO[C@@]1(C)CC(=O)C2)O[C@@H]1O[C@H](CO)[C@@H](O)[C@H](O)[C@H]1O. The number of rotatable bonds is 5. The Kier molecular flexibility index (Phi) is 5.76. The van der Waals surface area contributed by atoms with Crippen LogP contribution in [0.3, 0.4) is 0 Å². The minimum atomic E-state index is -1.53. The minimum Gasteiger partial charge on any atom is -0.394 e. The number of carbonyl (C=O) groups excluding carboxylic acids is 1. The van der Waals surface area contributed by atoms with E-state index in [0.29, 0.717) is 0 Å².